The summed E-state index contributed by atoms with van der Waals surface area (Å²) in [7, 11) is 1.57. The zero-order valence-corrected chi connectivity index (χ0v) is 17.9. The number of hydrogen-bond donors (Lipinski definition) is 1. The van der Waals surface area contributed by atoms with Crippen molar-refractivity contribution in [2.75, 3.05) is 13.7 Å². The number of halogens is 1. The minimum atomic E-state index is -0.248. The van der Waals surface area contributed by atoms with E-state index in [-0.39, 0.29) is 23.9 Å². The first-order chi connectivity index (χ1) is 14.1. The molecule has 3 aromatic rings. The first kappa shape index (κ1) is 19.5. The number of allylic oxidation sites excluding steroid dienone is 1. The third-order valence-electron chi connectivity index (χ3n) is 4.43. The number of ether oxygens (including phenoxy) is 2. The lowest BCUT2D eigenvalue weighted by molar-refractivity contribution is 0.271. The molecule has 0 saturated heterocycles. The van der Waals surface area contributed by atoms with Crippen LogP contribution in [-0.2, 0) is 6.54 Å². The number of aromatic nitrogens is 1. The molecule has 2 heterocycles. The molecule has 1 N–H and O–H groups in total. The molecule has 6 nitrogen and oxygen atoms in total. The van der Waals surface area contributed by atoms with E-state index in [1.54, 1.807) is 31.5 Å². The average molecular weight is 473 g/mol. The number of hydrogen-bond acceptors (Lipinski definition) is 6. The second-order valence-electron chi connectivity index (χ2n) is 6.23. The highest BCUT2D eigenvalue weighted by Crippen LogP contribution is 2.36. The van der Waals surface area contributed by atoms with Crippen LogP contribution in [0.4, 0.5) is 5.69 Å². The fraction of sp³-hybridized carbons (Fsp3) is 0.143. The number of fused-ring (bicyclic) bond motifs is 1. The van der Waals surface area contributed by atoms with Gasteiger partial charge in [0.25, 0.3) is 0 Å². The number of aromatic hydroxyl groups is 1. The van der Waals surface area contributed by atoms with Gasteiger partial charge in [0.2, 0.25) is 5.88 Å². The van der Waals surface area contributed by atoms with Crippen molar-refractivity contribution in [3.63, 3.8) is 0 Å². The molecular weight excluding hydrogens is 456 g/mol. The van der Waals surface area contributed by atoms with Crippen molar-refractivity contribution in [3.05, 3.63) is 67.0 Å². The van der Waals surface area contributed by atoms with Crippen LogP contribution in [0.5, 0.6) is 17.4 Å². The number of nitrogens with zero attached hydrogens (tertiary/aromatic N) is 2. The quantitative estimate of drug-likeness (QED) is 0.562. The zero-order valence-electron chi connectivity index (χ0n) is 15.5. The smallest absolute Gasteiger partial charge is 0.310 e. The largest absolute Gasteiger partial charge is 0.493 e. The molecule has 0 unspecified atom stereocenters. The maximum Gasteiger partial charge on any atom is 0.310 e. The van der Waals surface area contributed by atoms with E-state index < -0.39 is 0 Å². The van der Waals surface area contributed by atoms with Crippen molar-refractivity contribution in [1.29, 1.82) is 0 Å². The summed E-state index contributed by atoms with van der Waals surface area (Å²) in [6, 6.07) is 13.1. The van der Waals surface area contributed by atoms with Gasteiger partial charge in [0, 0.05) is 21.8 Å². The Morgan fingerprint density at radius 1 is 1.24 bits per heavy atom. The van der Waals surface area contributed by atoms with Crippen molar-refractivity contribution in [3.8, 4) is 17.4 Å². The molecule has 148 valence electrons. The van der Waals surface area contributed by atoms with Crippen molar-refractivity contribution < 1.29 is 14.6 Å². The highest BCUT2D eigenvalue weighted by molar-refractivity contribution is 9.10. The van der Waals surface area contributed by atoms with Crippen LogP contribution in [0, 0.1) is 0 Å². The number of rotatable bonds is 6. The number of para-hydroxylation sites is 2. The summed E-state index contributed by atoms with van der Waals surface area (Å²) in [6.07, 6.45) is 3.51. The maximum absolute atomic E-state index is 12.4. The van der Waals surface area contributed by atoms with Crippen LogP contribution in [-0.4, -0.2) is 29.6 Å². The standard InChI is InChI=1S/C21H17BrN2O4S/c1-27-17-4-2-3-5-18(17)28-9-8-24-20(25)19(29-21(24)26)10-13-12-23-16-7-6-14(22)11-15(13)16/h2-7,10-12,25H,8-9H2,1H3/b13-10-. The Morgan fingerprint density at radius 2 is 2.03 bits per heavy atom. The van der Waals surface area contributed by atoms with E-state index in [1.807, 2.05) is 30.3 Å². The highest BCUT2D eigenvalue weighted by atomic mass is 79.9. The normalized spacial score (nSPS) is 13.7. The van der Waals surface area contributed by atoms with Crippen LogP contribution in [0.1, 0.15) is 10.4 Å². The highest BCUT2D eigenvalue weighted by Gasteiger charge is 2.17. The van der Waals surface area contributed by atoms with Gasteiger partial charge in [0.1, 0.15) is 6.61 Å². The second-order valence-corrected chi connectivity index (χ2v) is 8.14. The predicted molar refractivity (Wildman–Crippen MR) is 119 cm³/mol. The Morgan fingerprint density at radius 3 is 2.83 bits per heavy atom. The van der Waals surface area contributed by atoms with Crippen molar-refractivity contribution in [1.82, 2.24) is 4.57 Å². The first-order valence-corrected chi connectivity index (χ1v) is 10.4. The van der Waals surface area contributed by atoms with Crippen LogP contribution < -0.4 is 14.3 Å². The Bertz CT molecular complexity index is 1180. The third-order valence-corrected chi connectivity index (χ3v) is 5.84. The van der Waals surface area contributed by atoms with Gasteiger partial charge in [-0.25, -0.2) is 0 Å². The number of thiazole rings is 1. The summed E-state index contributed by atoms with van der Waals surface area (Å²) in [5, 5.41) is 10.6. The van der Waals surface area contributed by atoms with E-state index >= 15 is 0 Å². The molecule has 0 spiro atoms. The lowest BCUT2D eigenvalue weighted by Gasteiger charge is -2.10. The van der Waals surface area contributed by atoms with Gasteiger partial charge in [-0.2, -0.15) is 0 Å². The predicted octanol–water partition coefficient (Wildman–Crippen LogP) is 4.72. The summed E-state index contributed by atoms with van der Waals surface area (Å²) in [5.41, 5.74) is 2.65. The minimum Gasteiger partial charge on any atom is -0.493 e. The second kappa shape index (κ2) is 8.26. The average Bonchev–Trinajstić information content (AvgIpc) is 3.23. The van der Waals surface area contributed by atoms with Crippen LogP contribution in [0.15, 0.2) is 56.7 Å². The van der Waals surface area contributed by atoms with Gasteiger partial charge < -0.3 is 14.6 Å². The molecule has 0 radical (unpaired) electrons. The molecule has 0 aliphatic carbocycles. The van der Waals surface area contributed by atoms with Gasteiger partial charge in [-0.15, -0.1) is 0 Å². The first-order valence-electron chi connectivity index (χ1n) is 8.81. The lowest BCUT2D eigenvalue weighted by Crippen LogP contribution is -2.17. The third kappa shape index (κ3) is 3.99. The van der Waals surface area contributed by atoms with Gasteiger partial charge in [0.05, 0.1) is 24.2 Å². The van der Waals surface area contributed by atoms with E-state index in [4.69, 9.17) is 9.47 Å². The van der Waals surface area contributed by atoms with Crippen molar-refractivity contribution >= 4 is 50.8 Å². The van der Waals surface area contributed by atoms with Gasteiger partial charge >= 0.3 is 4.87 Å². The molecule has 0 saturated carbocycles. The Kier molecular flexibility index (Phi) is 5.55. The van der Waals surface area contributed by atoms with Crippen molar-refractivity contribution in [2.24, 2.45) is 4.99 Å². The molecule has 8 heteroatoms. The molecule has 0 atom stereocenters. The summed E-state index contributed by atoms with van der Waals surface area (Å²) in [5.74, 6) is 1.13. The Hall–Kier alpha value is -2.84. The molecule has 0 fully saturated rings. The number of methoxy groups -OCH3 is 1. The maximum atomic E-state index is 12.4. The lowest BCUT2D eigenvalue weighted by atomic mass is 10.1. The number of aliphatic imine (C=N–C) groups is 1. The van der Waals surface area contributed by atoms with E-state index in [1.165, 1.54) is 4.57 Å². The Balaban J connectivity index is 1.53. The molecule has 1 aliphatic heterocycles. The van der Waals surface area contributed by atoms with Gasteiger partial charge in [-0.05, 0) is 36.4 Å². The Labute approximate surface area is 179 Å². The molecule has 4 rings (SSSR count). The molecule has 0 amide bonds. The van der Waals surface area contributed by atoms with Gasteiger partial charge in [0.15, 0.2) is 11.5 Å². The fourth-order valence-corrected chi connectivity index (χ4v) is 4.23. The van der Waals surface area contributed by atoms with E-state index in [0.29, 0.717) is 16.4 Å². The molecule has 0 bridgehead atoms. The molecule has 2 aromatic carbocycles. The molecule has 1 aliphatic rings. The monoisotopic (exact) mass is 472 g/mol. The van der Waals surface area contributed by atoms with Crippen LogP contribution in [0.3, 0.4) is 0 Å². The van der Waals surface area contributed by atoms with Crippen molar-refractivity contribution in [2.45, 2.75) is 6.54 Å². The van der Waals surface area contributed by atoms with Gasteiger partial charge in [-0.1, -0.05) is 39.4 Å². The SMILES string of the molecule is COc1ccccc1OCCn1c(O)c(/C=C2/C=Nc3ccc(Br)cc32)sc1=O. The number of benzene rings is 2. The summed E-state index contributed by atoms with van der Waals surface area (Å²) < 4.78 is 13.2. The van der Waals surface area contributed by atoms with E-state index in [0.717, 1.165) is 32.6 Å². The van der Waals surface area contributed by atoms with Crippen LogP contribution in [0.2, 0.25) is 0 Å². The summed E-state index contributed by atoms with van der Waals surface area (Å²) >= 11 is 4.45. The van der Waals surface area contributed by atoms with Gasteiger partial charge in [-0.3, -0.25) is 14.4 Å². The minimum absolute atomic E-state index is 0.0760. The van der Waals surface area contributed by atoms with E-state index in [2.05, 4.69) is 20.9 Å². The fourth-order valence-electron chi connectivity index (χ4n) is 3.01. The molecule has 29 heavy (non-hydrogen) atoms. The zero-order chi connectivity index (χ0) is 20.4. The van der Waals surface area contributed by atoms with Crippen LogP contribution >= 0.6 is 27.3 Å². The van der Waals surface area contributed by atoms with Crippen LogP contribution in [0.25, 0.3) is 11.6 Å². The van der Waals surface area contributed by atoms with E-state index in [9.17, 15) is 9.90 Å². The molecule has 1 aromatic heterocycles. The summed E-state index contributed by atoms with van der Waals surface area (Å²) in [6.45, 7) is 0.441. The summed E-state index contributed by atoms with van der Waals surface area (Å²) in [4.78, 5) is 17.0. The molecular formula is C21H17BrN2O4S. The topological polar surface area (TPSA) is 73.1 Å².